The third-order valence-corrected chi connectivity index (χ3v) is 4.40. The van der Waals surface area contributed by atoms with E-state index in [0.717, 1.165) is 18.8 Å². The van der Waals surface area contributed by atoms with E-state index in [1.807, 2.05) is 6.07 Å². The van der Waals surface area contributed by atoms with Gasteiger partial charge in [-0.3, -0.25) is 0 Å². The number of hydrogen-bond donors (Lipinski definition) is 1. The third-order valence-electron chi connectivity index (χ3n) is 3.04. The zero-order valence-corrected chi connectivity index (χ0v) is 12.7. The van der Waals surface area contributed by atoms with Gasteiger partial charge in [0.2, 0.25) is 0 Å². The fraction of sp³-hybridized carbons (Fsp3) is 0.385. The molecule has 92 valence electrons. The van der Waals surface area contributed by atoms with Crippen molar-refractivity contribution in [2.75, 3.05) is 26.4 Å². The topological polar surface area (TPSA) is 34.2 Å². The number of nitrogen functional groups attached to an aromatic ring is 1. The highest BCUT2D eigenvalue weighted by Crippen LogP contribution is 2.28. The molecule has 2 aromatic rings. The molecule has 0 bridgehead atoms. The van der Waals surface area contributed by atoms with Crippen molar-refractivity contribution in [1.82, 2.24) is 9.47 Å². The van der Waals surface area contributed by atoms with Gasteiger partial charge in [0.05, 0.1) is 0 Å². The summed E-state index contributed by atoms with van der Waals surface area (Å²) in [5, 5.41) is 1.27. The van der Waals surface area contributed by atoms with Gasteiger partial charge in [0.15, 0.2) is 0 Å². The average Bonchev–Trinajstić information content (AvgIpc) is 2.50. The van der Waals surface area contributed by atoms with Crippen molar-refractivity contribution in [2.24, 2.45) is 0 Å². The highest BCUT2D eigenvalue weighted by Gasteiger charge is 2.11. The minimum absolute atomic E-state index is 0.833. The lowest BCUT2D eigenvalue weighted by Crippen LogP contribution is -2.18. The summed E-state index contributed by atoms with van der Waals surface area (Å²) >= 11 is 2.41. The number of nitrogens with two attached hydrogens (primary N) is 1. The second-order valence-electron chi connectivity index (χ2n) is 4.63. The number of hydrogen-bond acceptors (Lipinski definition) is 2. The van der Waals surface area contributed by atoms with E-state index in [-0.39, 0.29) is 0 Å². The molecule has 3 nitrogen and oxygen atoms in total. The van der Waals surface area contributed by atoms with Crippen LogP contribution in [0.4, 0.5) is 5.69 Å². The van der Waals surface area contributed by atoms with Gasteiger partial charge >= 0.3 is 0 Å². The third kappa shape index (κ3) is 2.42. The first-order valence-electron chi connectivity index (χ1n) is 5.69. The molecule has 2 rings (SSSR count). The van der Waals surface area contributed by atoms with Gasteiger partial charge in [0.25, 0.3) is 0 Å². The number of fused-ring (bicyclic) bond motifs is 1. The predicted octanol–water partition coefficient (Wildman–Crippen LogP) is 2.70. The van der Waals surface area contributed by atoms with Crippen molar-refractivity contribution in [3.63, 3.8) is 0 Å². The molecule has 1 aromatic carbocycles. The van der Waals surface area contributed by atoms with Crippen LogP contribution in [0.5, 0.6) is 0 Å². The first kappa shape index (κ1) is 12.7. The van der Waals surface area contributed by atoms with Crippen molar-refractivity contribution in [3.05, 3.63) is 27.5 Å². The minimum atomic E-state index is 0.833. The first-order valence-corrected chi connectivity index (χ1v) is 6.77. The molecule has 2 N–H and O–H groups in total. The number of rotatable bonds is 3. The molecule has 0 spiro atoms. The van der Waals surface area contributed by atoms with Crippen LogP contribution in [0.15, 0.2) is 18.2 Å². The van der Waals surface area contributed by atoms with Crippen molar-refractivity contribution in [2.45, 2.75) is 13.5 Å². The quantitative estimate of drug-likeness (QED) is 0.687. The van der Waals surface area contributed by atoms with E-state index in [4.69, 9.17) is 5.73 Å². The number of likely N-dealkylation sites (N-methyl/N-ethyl adjacent to an activating group) is 1. The van der Waals surface area contributed by atoms with E-state index < -0.39 is 0 Å². The predicted molar refractivity (Wildman–Crippen MR) is 82.4 cm³/mol. The highest BCUT2D eigenvalue weighted by molar-refractivity contribution is 14.1. The summed E-state index contributed by atoms with van der Waals surface area (Å²) in [7, 11) is 4.20. The van der Waals surface area contributed by atoms with E-state index in [0.29, 0.717) is 0 Å². The Bertz CT molecular complexity index is 543. The lowest BCUT2D eigenvalue weighted by Gasteiger charge is -2.13. The van der Waals surface area contributed by atoms with Crippen LogP contribution in [0.1, 0.15) is 5.69 Å². The number of aromatic nitrogens is 1. The second kappa shape index (κ2) is 4.86. The van der Waals surface area contributed by atoms with Crippen LogP contribution in [-0.4, -0.2) is 30.1 Å². The van der Waals surface area contributed by atoms with Gasteiger partial charge in [-0.15, -0.1) is 0 Å². The molecule has 0 amide bonds. The molecule has 0 aliphatic carbocycles. The number of nitrogens with zero attached hydrogens (tertiary/aromatic N) is 2. The van der Waals surface area contributed by atoms with E-state index in [1.165, 1.54) is 20.2 Å². The summed E-state index contributed by atoms with van der Waals surface area (Å²) in [6.07, 6.45) is 0. The Labute approximate surface area is 116 Å². The van der Waals surface area contributed by atoms with Crippen molar-refractivity contribution in [3.8, 4) is 0 Å². The molecule has 0 aliphatic heterocycles. The summed E-state index contributed by atoms with van der Waals surface area (Å²) < 4.78 is 3.68. The van der Waals surface area contributed by atoms with Crippen molar-refractivity contribution in [1.29, 1.82) is 0 Å². The Kier molecular flexibility index (Phi) is 3.63. The van der Waals surface area contributed by atoms with E-state index >= 15 is 0 Å². The first-order chi connectivity index (χ1) is 8.00. The van der Waals surface area contributed by atoms with Crippen molar-refractivity contribution < 1.29 is 0 Å². The SMILES string of the molecule is Cc1c(I)c2cc(N)ccc2n1CCN(C)C. The summed E-state index contributed by atoms with van der Waals surface area (Å²) in [6, 6.07) is 6.16. The second-order valence-corrected chi connectivity index (χ2v) is 5.71. The van der Waals surface area contributed by atoms with Crippen LogP contribution < -0.4 is 5.73 Å². The number of halogens is 1. The Morgan fingerprint density at radius 1 is 1.35 bits per heavy atom. The van der Waals surface area contributed by atoms with E-state index in [1.54, 1.807) is 0 Å². The zero-order chi connectivity index (χ0) is 12.6. The molecule has 1 aromatic heterocycles. The summed E-state index contributed by atoms with van der Waals surface area (Å²) in [5.74, 6) is 0. The standard InChI is InChI=1S/C13H18IN3/c1-9-13(14)11-8-10(15)4-5-12(11)17(9)7-6-16(2)3/h4-5,8H,6-7,15H2,1-3H3. The maximum Gasteiger partial charge on any atom is 0.0495 e. The zero-order valence-electron chi connectivity index (χ0n) is 10.5. The Balaban J connectivity index is 2.51. The lowest BCUT2D eigenvalue weighted by molar-refractivity contribution is 0.385. The molecule has 1 heterocycles. The van der Waals surface area contributed by atoms with Gasteiger partial charge < -0.3 is 15.2 Å². The Morgan fingerprint density at radius 3 is 2.71 bits per heavy atom. The fourth-order valence-electron chi connectivity index (χ4n) is 2.05. The molecule has 4 heteroatoms. The fourth-order valence-corrected chi connectivity index (χ4v) is 2.77. The molecule has 0 saturated heterocycles. The lowest BCUT2D eigenvalue weighted by atomic mass is 10.2. The molecule has 0 atom stereocenters. The smallest absolute Gasteiger partial charge is 0.0495 e. The maximum absolute atomic E-state index is 5.85. The molecule has 0 radical (unpaired) electrons. The minimum Gasteiger partial charge on any atom is -0.399 e. The average molecular weight is 343 g/mol. The van der Waals surface area contributed by atoms with Gasteiger partial charge in [-0.05, 0) is 61.8 Å². The van der Waals surface area contributed by atoms with Crippen LogP contribution in [-0.2, 0) is 6.54 Å². The van der Waals surface area contributed by atoms with Gasteiger partial charge in [0.1, 0.15) is 0 Å². The van der Waals surface area contributed by atoms with Crippen LogP contribution in [0.2, 0.25) is 0 Å². The maximum atomic E-state index is 5.85. The van der Waals surface area contributed by atoms with Crippen LogP contribution in [0.25, 0.3) is 10.9 Å². The normalized spacial score (nSPS) is 11.6. The summed E-state index contributed by atoms with van der Waals surface area (Å²) in [4.78, 5) is 2.20. The summed E-state index contributed by atoms with van der Waals surface area (Å²) in [5.41, 5.74) is 9.29. The molecule has 0 aliphatic rings. The Hall–Kier alpha value is -0.750. The monoisotopic (exact) mass is 343 g/mol. The summed E-state index contributed by atoms with van der Waals surface area (Å²) in [6.45, 7) is 4.24. The molecular formula is C13H18IN3. The van der Waals surface area contributed by atoms with Crippen LogP contribution in [0.3, 0.4) is 0 Å². The van der Waals surface area contributed by atoms with Gasteiger partial charge in [-0.2, -0.15) is 0 Å². The Morgan fingerprint density at radius 2 is 2.06 bits per heavy atom. The molecule has 0 unspecified atom stereocenters. The van der Waals surface area contributed by atoms with Crippen LogP contribution in [0, 0.1) is 10.5 Å². The van der Waals surface area contributed by atoms with E-state index in [9.17, 15) is 0 Å². The number of anilines is 1. The van der Waals surface area contributed by atoms with Gasteiger partial charge in [-0.1, -0.05) is 0 Å². The van der Waals surface area contributed by atoms with Gasteiger partial charge in [0, 0.05) is 38.9 Å². The van der Waals surface area contributed by atoms with Crippen molar-refractivity contribution >= 4 is 39.2 Å². The number of benzene rings is 1. The molecule has 17 heavy (non-hydrogen) atoms. The van der Waals surface area contributed by atoms with Gasteiger partial charge in [-0.25, -0.2) is 0 Å². The largest absolute Gasteiger partial charge is 0.399 e. The molecule has 0 fully saturated rings. The highest BCUT2D eigenvalue weighted by atomic mass is 127. The van der Waals surface area contributed by atoms with Crippen LogP contribution >= 0.6 is 22.6 Å². The molecular weight excluding hydrogens is 325 g/mol. The molecule has 0 saturated carbocycles. The van der Waals surface area contributed by atoms with E-state index in [2.05, 4.69) is 65.2 Å².